The van der Waals surface area contributed by atoms with Gasteiger partial charge in [-0.2, -0.15) is 4.98 Å². The molecular weight excluding hydrogens is 376 g/mol. The Balaban J connectivity index is 1.51. The summed E-state index contributed by atoms with van der Waals surface area (Å²) >= 11 is 5.89. The van der Waals surface area contributed by atoms with Crippen molar-refractivity contribution in [1.29, 1.82) is 0 Å². The van der Waals surface area contributed by atoms with Crippen LogP contribution in [0.2, 0.25) is 5.02 Å². The second-order valence-corrected chi connectivity index (χ2v) is 7.15. The number of carbonyl (C=O) groups excluding carboxylic acids is 1. The Morgan fingerprint density at radius 3 is 2.54 bits per heavy atom. The molecule has 1 N–H and O–H groups in total. The van der Waals surface area contributed by atoms with Crippen molar-refractivity contribution in [2.24, 2.45) is 0 Å². The molecule has 7 heteroatoms. The van der Waals surface area contributed by atoms with Crippen molar-refractivity contribution in [3.63, 3.8) is 0 Å². The molecule has 1 unspecified atom stereocenters. The normalized spacial score (nSPS) is 12.1. The molecule has 146 valence electrons. The monoisotopic (exact) mass is 398 g/mol. The molecule has 1 amide bonds. The number of hydrogen-bond acceptors (Lipinski definition) is 5. The first-order valence-corrected chi connectivity index (χ1v) is 9.47. The van der Waals surface area contributed by atoms with E-state index in [2.05, 4.69) is 32.5 Å². The Labute approximate surface area is 169 Å². The number of aryl methyl sites for hydroxylation is 1. The number of halogens is 1. The number of nitrogens with zero attached hydrogens (tertiary/aromatic N) is 3. The SMILES string of the molecule is CN(C)C(CNC(=O)CCc1nc(-c2ccc(Cl)cc2)no1)c1ccccc1. The smallest absolute Gasteiger partial charge is 0.227 e. The fourth-order valence-corrected chi connectivity index (χ4v) is 2.99. The molecule has 28 heavy (non-hydrogen) atoms. The lowest BCUT2D eigenvalue weighted by Crippen LogP contribution is -2.34. The summed E-state index contributed by atoms with van der Waals surface area (Å²) < 4.78 is 5.25. The maximum Gasteiger partial charge on any atom is 0.227 e. The Kier molecular flexibility index (Phi) is 6.79. The van der Waals surface area contributed by atoms with Crippen LogP contribution in [0.15, 0.2) is 59.1 Å². The summed E-state index contributed by atoms with van der Waals surface area (Å²) in [5.74, 6) is 0.880. The molecule has 0 radical (unpaired) electrons. The number of aromatic nitrogens is 2. The van der Waals surface area contributed by atoms with Crippen LogP contribution < -0.4 is 5.32 Å². The molecule has 0 aliphatic carbocycles. The zero-order valence-electron chi connectivity index (χ0n) is 15.9. The summed E-state index contributed by atoms with van der Waals surface area (Å²) in [6, 6.07) is 17.4. The molecule has 0 aliphatic heterocycles. The van der Waals surface area contributed by atoms with Crippen LogP contribution >= 0.6 is 11.6 Å². The third-order valence-corrected chi connectivity index (χ3v) is 4.69. The van der Waals surface area contributed by atoms with Gasteiger partial charge in [0.25, 0.3) is 0 Å². The highest BCUT2D eigenvalue weighted by atomic mass is 35.5. The van der Waals surface area contributed by atoms with Crippen LogP contribution in [0.5, 0.6) is 0 Å². The van der Waals surface area contributed by atoms with Crippen LogP contribution in [0.25, 0.3) is 11.4 Å². The maximum atomic E-state index is 12.3. The van der Waals surface area contributed by atoms with Gasteiger partial charge in [-0.15, -0.1) is 0 Å². The summed E-state index contributed by atoms with van der Waals surface area (Å²) in [4.78, 5) is 18.7. The second-order valence-electron chi connectivity index (χ2n) is 6.71. The largest absolute Gasteiger partial charge is 0.354 e. The molecule has 0 saturated carbocycles. The van der Waals surface area contributed by atoms with Gasteiger partial charge in [-0.1, -0.05) is 47.1 Å². The van der Waals surface area contributed by atoms with Crippen molar-refractivity contribution in [2.45, 2.75) is 18.9 Å². The van der Waals surface area contributed by atoms with Gasteiger partial charge >= 0.3 is 0 Å². The van der Waals surface area contributed by atoms with Gasteiger partial charge in [0, 0.05) is 30.0 Å². The van der Waals surface area contributed by atoms with Crippen LogP contribution in [-0.4, -0.2) is 41.6 Å². The topological polar surface area (TPSA) is 71.3 Å². The van der Waals surface area contributed by atoms with Crippen molar-refractivity contribution in [3.8, 4) is 11.4 Å². The highest BCUT2D eigenvalue weighted by molar-refractivity contribution is 6.30. The molecule has 3 aromatic rings. The second kappa shape index (κ2) is 9.48. The van der Waals surface area contributed by atoms with Gasteiger partial charge in [-0.3, -0.25) is 4.79 Å². The summed E-state index contributed by atoms with van der Waals surface area (Å²) in [5, 5.41) is 7.60. The summed E-state index contributed by atoms with van der Waals surface area (Å²) in [5.41, 5.74) is 1.98. The van der Waals surface area contributed by atoms with E-state index in [0.29, 0.717) is 29.7 Å². The quantitative estimate of drug-likeness (QED) is 0.625. The van der Waals surface area contributed by atoms with Crippen molar-refractivity contribution in [1.82, 2.24) is 20.4 Å². The number of nitrogens with one attached hydrogen (secondary N) is 1. The summed E-state index contributed by atoms with van der Waals surface area (Å²) in [6.45, 7) is 0.537. The maximum absolute atomic E-state index is 12.3. The number of carbonyl (C=O) groups is 1. The van der Waals surface area contributed by atoms with E-state index in [-0.39, 0.29) is 18.4 Å². The minimum atomic E-state index is -0.0472. The number of amides is 1. The fourth-order valence-electron chi connectivity index (χ4n) is 2.87. The van der Waals surface area contributed by atoms with Crippen LogP contribution in [0.1, 0.15) is 23.9 Å². The van der Waals surface area contributed by atoms with Gasteiger partial charge in [0.2, 0.25) is 17.6 Å². The lowest BCUT2D eigenvalue weighted by atomic mass is 10.1. The average Bonchev–Trinajstić information content (AvgIpc) is 3.17. The standard InChI is InChI=1S/C21H23ClN4O2/c1-26(2)18(15-6-4-3-5-7-15)14-23-19(27)12-13-20-24-21(25-28-20)16-8-10-17(22)11-9-16/h3-11,18H,12-14H2,1-2H3,(H,23,27). The van der Waals surface area contributed by atoms with Gasteiger partial charge in [-0.25, -0.2) is 0 Å². The Hall–Kier alpha value is -2.70. The first kappa shape index (κ1) is 20.0. The highest BCUT2D eigenvalue weighted by Crippen LogP contribution is 2.19. The molecule has 0 aliphatic rings. The Morgan fingerprint density at radius 2 is 1.86 bits per heavy atom. The van der Waals surface area contributed by atoms with E-state index < -0.39 is 0 Å². The number of rotatable bonds is 8. The van der Waals surface area contributed by atoms with E-state index in [1.807, 2.05) is 44.4 Å². The van der Waals surface area contributed by atoms with E-state index in [1.165, 1.54) is 0 Å². The van der Waals surface area contributed by atoms with E-state index >= 15 is 0 Å². The van der Waals surface area contributed by atoms with E-state index in [9.17, 15) is 4.79 Å². The molecule has 0 bridgehead atoms. The number of likely N-dealkylation sites (N-methyl/N-ethyl adjacent to an activating group) is 1. The van der Waals surface area contributed by atoms with Crippen molar-refractivity contribution >= 4 is 17.5 Å². The predicted octanol–water partition coefficient (Wildman–Crippen LogP) is 3.74. The molecule has 1 atom stereocenters. The van der Waals surface area contributed by atoms with Gasteiger partial charge in [0.05, 0.1) is 6.04 Å². The van der Waals surface area contributed by atoms with Gasteiger partial charge in [0.1, 0.15) is 0 Å². The van der Waals surface area contributed by atoms with Crippen LogP contribution in [0.4, 0.5) is 0 Å². The first-order chi connectivity index (χ1) is 13.5. The molecule has 1 heterocycles. The van der Waals surface area contributed by atoms with Crippen molar-refractivity contribution in [2.75, 3.05) is 20.6 Å². The molecule has 0 saturated heterocycles. The number of benzene rings is 2. The van der Waals surface area contributed by atoms with Gasteiger partial charge < -0.3 is 14.7 Å². The van der Waals surface area contributed by atoms with E-state index in [0.717, 1.165) is 11.1 Å². The minimum Gasteiger partial charge on any atom is -0.354 e. The van der Waals surface area contributed by atoms with Crippen LogP contribution in [0, 0.1) is 0 Å². The number of hydrogen-bond donors (Lipinski definition) is 1. The van der Waals surface area contributed by atoms with Gasteiger partial charge in [0.15, 0.2) is 0 Å². The minimum absolute atomic E-state index is 0.0472. The first-order valence-electron chi connectivity index (χ1n) is 9.09. The highest BCUT2D eigenvalue weighted by Gasteiger charge is 2.16. The Bertz CT molecular complexity index is 894. The zero-order chi connectivity index (χ0) is 19.9. The predicted molar refractivity (Wildman–Crippen MR) is 109 cm³/mol. The van der Waals surface area contributed by atoms with Crippen molar-refractivity contribution < 1.29 is 9.32 Å². The Morgan fingerprint density at radius 1 is 1.14 bits per heavy atom. The molecular formula is C21H23ClN4O2. The van der Waals surface area contributed by atoms with Crippen LogP contribution in [-0.2, 0) is 11.2 Å². The summed E-state index contributed by atoms with van der Waals surface area (Å²) in [7, 11) is 4.00. The molecule has 2 aromatic carbocycles. The summed E-state index contributed by atoms with van der Waals surface area (Å²) in [6.07, 6.45) is 0.682. The van der Waals surface area contributed by atoms with Crippen molar-refractivity contribution in [3.05, 3.63) is 71.1 Å². The molecule has 6 nitrogen and oxygen atoms in total. The molecule has 0 spiro atoms. The molecule has 3 rings (SSSR count). The lowest BCUT2D eigenvalue weighted by molar-refractivity contribution is -0.121. The molecule has 1 aromatic heterocycles. The van der Waals surface area contributed by atoms with E-state index in [4.69, 9.17) is 16.1 Å². The van der Waals surface area contributed by atoms with Crippen LogP contribution in [0.3, 0.4) is 0 Å². The zero-order valence-corrected chi connectivity index (χ0v) is 16.7. The lowest BCUT2D eigenvalue weighted by Gasteiger charge is -2.25. The average molecular weight is 399 g/mol. The third kappa shape index (κ3) is 5.41. The van der Waals surface area contributed by atoms with Gasteiger partial charge in [-0.05, 0) is 43.9 Å². The van der Waals surface area contributed by atoms with E-state index in [1.54, 1.807) is 12.1 Å². The third-order valence-electron chi connectivity index (χ3n) is 4.44. The molecule has 0 fully saturated rings. The fraction of sp³-hybridized carbons (Fsp3) is 0.286.